The van der Waals surface area contributed by atoms with Gasteiger partial charge in [0.2, 0.25) is 0 Å². The number of fused-ring (bicyclic) bond motifs is 1. The quantitative estimate of drug-likeness (QED) is 0.489. The third-order valence-electron chi connectivity index (χ3n) is 4.28. The monoisotopic (exact) mass is 332 g/mol. The average Bonchev–Trinajstić information content (AvgIpc) is 2.76. The number of hydrogen-bond acceptors (Lipinski definition) is 5. The summed E-state index contributed by atoms with van der Waals surface area (Å²) < 4.78 is 10.6. The van der Waals surface area contributed by atoms with Gasteiger partial charge in [0.25, 0.3) is 0 Å². The molecule has 0 amide bonds. The molecule has 2 rings (SSSR count). The minimum absolute atomic E-state index is 0.0306. The lowest BCUT2D eigenvalue weighted by molar-refractivity contribution is -0.139. The highest BCUT2D eigenvalue weighted by Gasteiger charge is 2.37. The second-order valence-corrected chi connectivity index (χ2v) is 6.51. The zero-order valence-corrected chi connectivity index (χ0v) is 14.2. The van der Waals surface area contributed by atoms with Gasteiger partial charge in [0, 0.05) is 23.5 Å². The van der Waals surface area contributed by atoms with Gasteiger partial charge >= 0.3 is 11.9 Å². The van der Waals surface area contributed by atoms with Gasteiger partial charge in [-0.05, 0) is 38.3 Å². The fourth-order valence-corrected chi connectivity index (χ4v) is 2.93. The smallest absolute Gasteiger partial charge is 0.334 e. The molecular formula is C19H24O5. The number of carbonyl (C=O) groups is 2. The Morgan fingerprint density at radius 3 is 2.83 bits per heavy atom. The van der Waals surface area contributed by atoms with Crippen LogP contribution in [0.4, 0.5) is 0 Å². The highest BCUT2D eigenvalue weighted by atomic mass is 16.6. The molecule has 0 radical (unpaired) electrons. The Kier molecular flexibility index (Phi) is 5.78. The molecule has 1 aliphatic heterocycles. The van der Waals surface area contributed by atoms with Crippen molar-refractivity contribution in [2.45, 2.75) is 45.3 Å². The second-order valence-electron chi connectivity index (χ2n) is 6.51. The fraction of sp³-hybridized carbons (Fsp3) is 0.474. The molecule has 1 fully saturated rings. The number of aliphatic hydroxyl groups excluding tert-OH is 1. The van der Waals surface area contributed by atoms with Crippen molar-refractivity contribution in [3.63, 3.8) is 0 Å². The van der Waals surface area contributed by atoms with Crippen LogP contribution >= 0.6 is 0 Å². The molecule has 1 saturated heterocycles. The fourth-order valence-electron chi connectivity index (χ4n) is 2.93. The summed E-state index contributed by atoms with van der Waals surface area (Å²) in [6, 6.07) is 0. The number of rotatable bonds is 3. The van der Waals surface area contributed by atoms with Gasteiger partial charge in [-0.2, -0.15) is 0 Å². The Labute approximate surface area is 142 Å². The summed E-state index contributed by atoms with van der Waals surface area (Å²) >= 11 is 0. The van der Waals surface area contributed by atoms with Crippen LogP contribution in [0.2, 0.25) is 0 Å². The van der Waals surface area contributed by atoms with Crippen molar-refractivity contribution < 1.29 is 24.2 Å². The molecule has 0 aromatic rings. The SMILES string of the molecule is C=C(C)C(=O)OCC1=C[C@H]2OC(=O)C(=C)[C@@H]2CCC(C)=C[C@@H](O)C1. The van der Waals surface area contributed by atoms with Crippen LogP contribution in [0.5, 0.6) is 0 Å². The van der Waals surface area contributed by atoms with Crippen LogP contribution in [0.25, 0.3) is 0 Å². The van der Waals surface area contributed by atoms with Crippen LogP contribution in [0, 0.1) is 5.92 Å². The van der Waals surface area contributed by atoms with Crippen molar-refractivity contribution >= 4 is 11.9 Å². The zero-order valence-electron chi connectivity index (χ0n) is 14.2. The van der Waals surface area contributed by atoms with Crippen molar-refractivity contribution in [1.29, 1.82) is 0 Å². The van der Waals surface area contributed by atoms with Gasteiger partial charge < -0.3 is 14.6 Å². The maximum atomic E-state index is 11.8. The first kappa shape index (κ1) is 18.2. The molecule has 0 aromatic carbocycles. The van der Waals surface area contributed by atoms with Crippen molar-refractivity contribution in [2.24, 2.45) is 5.92 Å². The number of ether oxygens (including phenoxy) is 2. The van der Waals surface area contributed by atoms with Crippen molar-refractivity contribution in [3.05, 3.63) is 47.6 Å². The lowest BCUT2D eigenvalue weighted by Crippen LogP contribution is -2.19. The molecule has 24 heavy (non-hydrogen) atoms. The van der Waals surface area contributed by atoms with E-state index in [0.29, 0.717) is 23.1 Å². The standard InChI is InChI=1S/C19H24O5/c1-11(2)18(21)23-10-14-8-15(20)7-12(3)5-6-16-13(4)19(22)24-17(16)9-14/h7,9,15-17,20H,1,4-6,8,10H2,2-3H3/t15-,16+,17-/m1/s1. The number of aliphatic hydroxyl groups is 1. The van der Waals surface area contributed by atoms with Crippen molar-refractivity contribution in [3.8, 4) is 0 Å². The minimum atomic E-state index is -0.670. The largest absolute Gasteiger partial charge is 0.458 e. The Morgan fingerprint density at radius 1 is 1.46 bits per heavy atom. The van der Waals surface area contributed by atoms with E-state index in [-0.39, 0.29) is 18.5 Å². The molecule has 1 heterocycles. The maximum absolute atomic E-state index is 11.8. The molecule has 3 atom stereocenters. The van der Waals surface area contributed by atoms with E-state index in [1.807, 2.05) is 6.92 Å². The Bertz CT molecular complexity index is 626. The van der Waals surface area contributed by atoms with Gasteiger partial charge in [-0.15, -0.1) is 0 Å². The van der Waals surface area contributed by atoms with E-state index in [9.17, 15) is 14.7 Å². The van der Waals surface area contributed by atoms with E-state index >= 15 is 0 Å². The lowest BCUT2D eigenvalue weighted by atomic mass is 9.87. The second kappa shape index (κ2) is 7.62. The molecular weight excluding hydrogens is 308 g/mol. The van der Waals surface area contributed by atoms with E-state index in [4.69, 9.17) is 9.47 Å². The molecule has 0 unspecified atom stereocenters. The molecule has 0 bridgehead atoms. The van der Waals surface area contributed by atoms with E-state index in [2.05, 4.69) is 13.2 Å². The van der Waals surface area contributed by atoms with Gasteiger partial charge in [0.1, 0.15) is 12.7 Å². The summed E-state index contributed by atoms with van der Waals surface area (Å²) in [4.78, 5) is 23.4. The molecule has 0 spiro atoms. The number of carbonyl (C=O) groups excluding carboxylic acids is 2. The highest BCUT2D eigenvalue weighted by Crippen LogP contribution is 2.34. The van der Waals surface area contributed by atoms with Crippen LogP contribution in [0.3, 0.4) is 0 Å². The van der Waals surface area contributed by atoms with Gasteiger partial charge in [-0.25, -0.2) is 9.59 Å². The van der Waals surface area contributed by atoms with Crippen LogP contribution in [-0.4, -0.2) is 35.9 Å². The maximum Gasteiger partial charge on any atom is 0.334 e. The third kappa shape index (κ3) is 4.45. The molecule has 130 valence electrons. The predicted octanol–water partition coefficient (Wildman–Crippen LogP) is 2.62. The van der Waals surface area contributed by atoms with Gasteiger partial charge in [0.05, 0.1) is 6.10 Å². The zero-order chi connectivity index (χ0) is 17.9. The van der Waals surface area contributed by atoms with Crippen LogP contribution in [0.15, 0.2) is 47.6 Å². The Hall–Kier alpha value is -2.14. The number of hydrogen-bond donors (Lipinski definition) is 1. The van der Waals surface area contributed by atoms with Crippen LogP contribution in [0.1, 0.15) is 33.1 Å². The first-order chi connectivity index (χ1) is 11.3. The summed E-state index contributed by atoms with van der Waals surface area (Å²) in [5.41, 5.74) is 2.54. The topological polar surface area (TPSA) is 72.8 Å². The van der Waals surface area contributed by atoms with Gasteiger partial charge in [0.15, 0.2) is 0 Å². The Morgan fingerprint density at radius 2 is 2.17 bits per heavy atom. The molecule has 0 aromatic heterocycles. The highest BCUT2D eigenvalue weighted by molar-refractivity contribution is 5.91. The summed E-state index contributed by atoms with van der Waals surface area (Å²) in [6.07, 6.45) is 4.28. The van der Waals surface area contributed by atoms with Gasteiger partial charge in [-0.3, -0.25) is 0 Å². The van der Waals surface area contributed by atoms with Crippen molar-refractivity contribution in [2.75, 3.05) is 6.61 Å². The summed E-state index contributed by atoms with van der Waals surface area (Å²) in [5, 5.41) is 10.2. The van der Waals surface area contributed by atoms with Crippen LogP contribution < -0.4 is 0 Å². The van der Waals surface area contributed by atoms with Crippen LogP contribution in [-0.2, 0) is 19.1 Å². The number of esters is 2. The molecule has 0 saturated carbocycles. The summed E-state index contributed by atoms with van der Waals surface area (Å²) in [5.74, 6) is -0.970. The third-order valence-corrected chi connectivity index (χ3v) is 4.28. The molecule has 5 nitrogen and oxygen atoms in total. The molecule has 2 aliphatic rings. The number of allylic oxidation sites excluding steroid dienone is 1. The minimum Gasteiger partial charge on any atom is -0.458 e. The van der Waals surface area contributed by atoms with E-state index in [1.54, 1.807) is 19.1 Å². The first-order valence-corrected chi connectivity index (χ1v) is 8.05. The predicted molar refractivity (Wildman–Crippen MR) is 90.0 cm³/mol. The first-order valence-electron chi connectivity index (χ1n) is 8.05. The van der Waals surface area contributed by atoms with E-state index in [1.165, 1.54) is 0 Å². The van der Waals surface area contributed by atoms with E-state index in [0.717, 1.165) is 18.4 Å². The summed E-state index contributed by atoms with van der Waals surface area (Å²) in [7, 11) is 0. The normalized spacial score (nSPS) is 27.5. The summed E-state index contributed by atoms with van der Waals surface area (Å²) in [6.45, 7) is 10.9. The van der Waals surface area contributed by atoms with Gasteiger partial charge in [-0.1, -0.05) is 24.8 Å². The van der Waals surface area contributed by atoms with E-state index < -0.39 is 18.2 Å². The molecule has 1 aliphatic carbocycles. The average molecular weight is 332 g/mol. The van der Waals surface area contributed by atoms with Crippen molar-refractivity contribution in [1.82, 2.24) is 0 Å². The molecule has 5 heteroatoms. The Balaban J connectivity index is 2.24. The lowest BCUT2D eigenvalue weighted by Gasteiger charge is -2.20. The molecule has 1 N–H and O–H groups in total.